The molecule has 0 radical (unpaired) electrons. The van der Waals surface area contributed by atoms with Crippen molar-refractivity contribution in [3.63, 3.8) is 0 Å². The van der Waals surface area contributed by atoms with Gasteiger partial charge in [-0.2, -0.15) is 5.10 Å². The minimum absolute atomic E-state index is 0.0953. The molecule has 1 heterocycles. The third-order valence-electron chi connectivity index (χ3n) is 1.53. The molecular formula is C7H9ClN2O3. The molecule has 0 saturated heterocycles. The van der Waals surface area contributed by atoms with Crippen molar-refractivity contribution in [1.29, 1.82) is 0 Å². The van der Waals surface area contributed by atoms with Crippen LogP contribution >= 0.6 is 11.6 Å². The van der Waals surface area contributed by atoms with Gasteiger partial charge in [-0.1, -0.05) is 0 Å². The molecule has 1 aromatic heterocycles. The third-order valence-corrected chi connectivity index (χ3v) is 1.84. The SMILES string of the molecule is O=c1ccc(C(O)C(O)CCl)n[nH]1. The van der Waals surface area contributed by atoms with Gasteiger partial charge in [0.05, 0.1) is 17.7 Å². The molecule has 0 aliphatic carbocycles. The summed E-state index contributed by atoms with van der Waals surface area (Å²) in [7, 11) is 0. The minimum Gasteiger partial charge on any atom is -0.389 e. The van der Waals surface area contributed by atoms with Gasteiger partial charge in [0.2, 0.25) is 0 Å². The molecule has 0 spiro atoms. The Morgan fingerprint density at radius 3 is 2.69 bits per heavy atom. The number of H-pyrrole nitrogens is 1. The summed E-state index contributed by atoms with van der Waals surface area (Å²) in [6, 6.07) is 2.55. The molecule has 1 rings (SSSR count). The standard InChI is InChI=1S/C7H9ClN2O3/c8-3-5(11)7(13)4-1-2-6(12)10-9-4/h1-2,5,7,11,13H,3H2,(H,10,12). The zero-order valence-corrected chi connectivity index (χ0v) is 7.40. The number of aliphatic hydroxyl groups excluding tert-OH is 2. The van der Waals surface area contributed by atoms with Crippen LogP contribution in [0.3, 0.4) is 0 Å². The Morgan fingerprint density at radius 2 is 2.23 bits per heavy atom. The Hall–Kier alpha value is -0.910. The summed E-state index contributed by atoms with van der Waals surface area (Å²) in [5.41, 5.74) is -0.177. The molecule has 1 aromatic rings. The maximum atomic E-state index is 10.6. The van der Waals surface area contributed by atoms with E-state index in [1.807, 2.05) is 0 Å². The first-order chi connectivity index (χ1) is 6.15. The van der Waals surface area contributed by atoms with E-state index in [4.69, 9.17) is 16.7 Å². The largest absolute Gasteiger partial charge is 0.389 e. The smallest absolute Gasteiger partial charge is 0.264 e. The van der Waals surface area contributed by atoms with Crippen LogP contribution in [0.15, 0.2) is 16.9 Å². The second kappa shape index (κ2) is 4.36. The first-order valence-electron chi connectivity index (χ1n) is 3.63. The fourth-order valence-electron chi connectivity index (χ4n) is 0.801. The number of halogens is 1. The average molecular weight is 205 g/mol. The lowest BCUT2D eigenvalue weighted by Crippen LogP contribution is -2.22. The van der Waals surface area contributed by atoms with Crippen LogP contribution in [0.25, 0.3) is 0 Å². The Kier molecular flexibility index (Phi) is 3.41. The van der Waals surface area contributed by atoms with E-state index in [1.165, 1.54) is 12.1 Å². The first kappa shape index (κ1) is 10.2. The number of aliphatic hydroxyl groups is 2. The summed E-state index contributed by atoms with van der Waals surface area (Å²) in [5.74, 6) is -0.0953. The maximum absolute atomic E-state index is 10.6. The number of aromatic amines is 1. The lowest BCUT2D eigenvalue weighted by molar-refractivity contribution is 0.0294. The van der Waals surface area contributed by atoms with Gasteiger partial charge in [-0.05, 0) is 6.07 Å². The molecule has 0 amide bonds. The molecule has 0 saturated carbocycles. The molecule has 0 aliphatic rings. The second-order valence-corrected chi connectivity index (χ2v) is 2.82. The van der Waals surface area contributed by atoms with Crippen molar-refractivity contribution in [3.05, 3.63) is 28.2 Å². The van der Waals surface area contributed by atoms with Gasteiger partial charge in [0.15, 0.2) is 0 Å². The molecule has 5 nitrogen and oxygen atoms in total. The van der Waals surface area contributed by atoms with Crippen molar-refractivity contribution in [2.24, 2.45) is 0 Å². The van der Waals surface area contributed by atoms with Gasteiger partial charge < -0.3 is 10.2 Å². The summed E-state index contributed by atoms with van der Waals surface area (Å²) in [4.78, 5) is 10.6. The maximum Gasteiger partial charge on any atom is 0.264 e. The summed E-state index contributed by atoms with van der Waals surface area (Å²) in [5, 5.41) is 24.2. The van der Waals surface area contributed by atoms with Crippen LogP contribution in [0.5, 0.6) is 0 Å². The normalized spacial score (nSPS) is 15.3. The number of alkyl halides is 1. The van der Waals surface area contributed by atoms with Crippen LogP contribution in [-0.4, -0.2) is 32.4 Å². The first-order valence-corrected chi connectivity index (χ1v) is 4.16. The van der Waals surface area contributed by atoms with Crippen LogP contribution in [-0.2, 0) is 0 Å². The van der Waals surface area contributed by atoms with E-state index in [0.29, 0.717) is 0 Å². The van der Waals surface area contributed by atoms with Gasteiger partial charge in [0.1, 0.15) is 6.10 Å². The highest BCUT2D eigenvalue weighted by Gasteiger charge is 2.18. The zero-order chi connectivity index (χ0) is 9.84. The molecule has 2 atom stereocenters. The van der Waals surface area contributed by atoms with Crippen molar-refractivity contribution >= 4 is 11.6 Å². The van der Waals surface area contributed by atoms with Crippen molar-refractivity contribution < 1.29 is 10.2 Å². The average Bonchev–Trinajstić information content (AvgIpc) is 2.17. The van der Waals surface area contributed by atoms with Gasteiger partial charge >= 0.3 is 0 Å². The van der Waals surface area contributed by atoms with Gasteiger partial charge in [-0.3, -0.25) is 4.79 Å². The molecule has 0 aromatic carbocycles. The van der Waals surface area contributed by atoms with Gasteiger partial charge in [-0.15, -0.1) is 11.6 Å². The summed E-state index contributed by atoms with van der Waals surface area (Å²) >= 11 is 5.32. The van der Waals surface area contributed by atoms with E-state index in [-0.39, 0.29) is 17.1 Å². The minimum atomic E-state index is -1.17. The molecule has 13 heavy (non-hydrogen) atoms. The Bertz CT molecular complexity index is 307. The van der Waals surface area contributed by atoms with Crippen LogP contribution in [0.4, 0.5) is 0 Å². The number of nitrogens with zero attached hydrogens (tertiary/aromatic N) is 1. The van der Waals surface area contributed by atoms with E-state index < -0.39 is 12.2 Å². The van der Waals surface area contributed by atoms with Crippen LogP contribution in [0.2, 0.25) is 0 Å². The number of hydrogen-bond acceptors (Lipinski definition) is 4. The highest BCUT2D eigenvalue weighted by atomic mass is 35.5. The van der Waals surface area contributed by atoms with Gasteiger partial charge in [0, 0.05) is 6.07 Å². The summed E-state index contributed by atoms with van der Waals surface area (Å²) in [6.45, 7) is 0. The topological polar surface area (TPSA) is 86.2 Å². The molecular weight excluding hydrogens is 196 g/mol. The fraction of sp³-hybridized carbons (Fsp3) is 0.429. The molecule has 0 aliphatic heterocycles. The van der Waals surface area contributed by atoms with E-state index in [9.17, 15) is 9.90 Å². The number of hydrogen-bond donors (Lipinski definition) is 3. The van der Waals surface area contributed by atoms with Crippen LogP contribution in [0, 0.1) is 0 Å². The summed E-state index contributed by atoms with van der Waals surface area (Å²) in [6.07, 6.45) is -2.26. The van der Waals surface area contributed by atoms with Gasteiger partial charge in [-0.25, -0.2) is 5.10 Å². The van der Waals surface area contributed by atoms with Crippen molar-refractivity contribution in [2.75, 3.05) is 5.88 Å². The molecule has 2 unspecified atom stereocenters. The van der Waals surface area contributed by atoms with Crippen LogP contribution in [0.1, 0.15) is 11.8 Å². The highest BCUT2D eigenvalue weighted by molar-refractivity contribution is 6.18. The zero-order valence-electron chi connectivity index (χ0n) is 6.64. The summed E-state index contributed by atoms with van der Waals surface area (Å²) < 4.78 is 0. The monoisotopic (exact) mass is 204 g/mol. The molecule has 6 heteroatoms. The Labute approximate surface area is 79.0 Å². The number of rotatable bonds is 3. The van der Waals surface area contributed by atoms with Crippen LogP contribution < -0.4 is 5.56 Å². The lowest BCUT2D eigenvalue weighted by Gasteiger charge is -2.13. The fourth-order valence-corrected chi connectivity index (χ4v) is 0.970. The Balaban J connectivity index is 2.83. The van der Waals surface area contributed by atoms with E-state index in [2.05, 4.69) is 10.2 Å². The third kappa shape index (κ3) is 2.51. The van der Waals surface area contributed by atoms with Crippen molar-refractivity contribution in [2.45, 2.75) is 12.2 Å². The molecule has 0 bridgehead atoms. The Morgan fingerprint density at radius 1 is 1.54 bits per heavy atom. The van der Waals surface area contributed by atoms with Crippen molar-refractivity contribution in [1.82, 2.24) is 10.2 Å². The van der Waals surface area contributed by atoms with E-state index >= 15 is 0 Å². The van der Waals surface area contributed by atoms with E-state index in [1.54, 1.807) is 0 Å². The second-order valence-electron chi connectivity index (χ2n) is 2.51. The number of aromatic nitrogens is 2. The molecule has 72 valence electrons. The number of nitrogens with one attached hydrogen (secondary N) is 1. The molecule has 0 fully saturated rings. The quantitative estimate of drug-likeness (QED) is 0.574. The highest BCUT2D eigenvalue weighted by Crippen LogP contribution is 2.13. The molecule has 3 N–H and O–H groups in total. The lowest BCUT2D eigenvalue weighted by atomic mass is 10.1. The predicted octanol–water partition coefficient (Wildman–Crippen LogP) is -0.597. The van der Waals surface area contributed by atoms with Crippen molar-refractivity contribution in [3.8, 4) is 0 Å². The van der Waals surface area contributed by atoms with Gasteiger partial charge in [0.25, 0.3) is 5.56 Å². The van der Waals surface area contributed by atoms with E-state index in [0.717, 1.165) is 0 Å². The predicted molar refractivity (Wildman–Crippen MR) is 46.5 cm³/mol.